The van der Waals surface area contributed by atoms with E-state index >= 15 is 0 Å². The molecule has 94 valence electrons. The number of carbonyl (C=O) groups excluding carboxylic acids is 1. The molecule has 0 spiro atoms. The van der Waals surface area contributed by atoms with Gasteiger partial charge in [-0.15, -0.1) is 0 Å². The smallest absolute Gasteiger partial charge is 0.360 e. The number of hydrogen-bond acceptors (Lipinski definition) is 6. The average molecular weight is 239 g/mol. The number of carbonyl (C=O) groups is 1. The Kier molecular flexibility index (Phi) is 3.98. The van der Waals surface area contributed by atoms with E-state index in [9.17, 15) is 4.79 Å². The fraction of sp³-hybridized carbons (Fsp3) is 0.636. The van der Waals surface area contributed by atoms with Gasteiger partial charge in [-0.1, -0.05) is 0 Å². The Balaban J connectivity index is 1.83. The van der Waals surface area contributed by atoms with Gasteiger partial charge in [0.1, 0.15) is 6.26 Å². The number of hydrogen-bond donors (Lipinski definition) is 2. The molecule has 0 saturated carbocycles. The summed E-state index contributed by atoms with van der Waals surface area (Å²) in [7, 11) is 0. The largest absolute Gasteiger partial charge is 0.461 e. The predicted molar refractivity (Wildman–Crippen MR) is 62.0 cm³/mol. The molecule has 0 aliphatic carbocycles. The molecule has 1 aliphatic rings. The molecule has 17 heavy (non-hydrogen) atoms. The van der Waals surface area contributed by atoms with Gasteiger partial charge in [0.05, 0.1) is 6.61 Å². The monoisotopic (exact) mass is 239 g/mol. The number of esters is 1. The zero-order valence-electron chi connectivity index (χ0n) is 9.86. The van der Waals surface area contributed by atoms with E-state index in [1.54, 1.807) is 6.92 Å². The maximum atomic E-state index is 11.3. The van der Waals surface area contributed by atoms with Gasteiger partial charge in [0.2, 0.25) is 0 Å². The van der Waals surface area contributed by atoms with E-state index in [1.165, 1.54) is 12.7 Å². The summed E-state index contributed by atoms with van der Waals surface area (Å²) < 4.78 is 9.96. The molecule has 0 radical (unpaired) electrons. The average Bonchev–Trinajstić information content (AvgIpc) is 2.98. The maximum absolute atomic E-state index is 11.3. The SMILES string of the molecule is CCOC(=O)c1coc(NCC2CCCN2)n1. The standard InChI is InChI=1S/C11H17N3O3/c1-2-16-10(15)9-7-17-11(14-9)13-6-8-4-3-5-12-8/h7-8,12H,2-6H2,1H3,(H,13,14). The third-order valence-corrected chi connectivity index (χ3v) is 2.65. The third-order valence-electron chi connectivity index (χ3n) is 2.65. The first-order valence-electron chi connectivity index (χ1n) is 5.89. The number of anilines is 1. The summed E-state index contributed by atoms with van der Waals surface area (Å²) in [5.74, 6) is -0.455. The Morgan fingerprint density at radius 1 is 1.76 bits per heavy atom. The molecule has 1 atom stereocenters. The molecule has 2 N–H and O–H groups in total. The minimum atomic E-state index is -0.455. The molecule has 1 fully saturated rings. The summed E-state index contributed by atoms with van der Waals surface area (Å²) in [5, 5.41) is 6.41. The van der Waals surface area contributed by atoms with Crippen LogP contribution < -0.4 is 10.6 Å². The van der Waals surface area contributed by atoms with Crippen LogP contribution in [0.25, 0.3) is 0 Å². The van der Waals surface area contributed by atoms with Crippen molar-refractivity contribution >= 4 is 12.0 Å². The van der Waals surface area contributed by atoms with Gasteiger partial charge >= 0.3 is 5.97 Å². The van der Waals surface area contributed by atoms with Crippen LogP contribution in [0, 0.1) is 0 Å². The van der Waals surface area contributed by atoms with E-state index in [0.717, 1.165) is 19.5 Å². The van der Waals surface area contributed by atoms with Crippen molar-refractivity contribution < 1.29 is 13.9 Å². The van der Waals surface area contributed by atoms with Crippen LogP contribution in [-0.4, -0.2) is 36.7 Å². The Hall–Kier alpha value is -1.56. The summed E-state index contributed by atoms with van der Waals surface area (Å²) in [6.45, 7) is 3.90. The Labute approximate surface area is 99.7 Å². The van der Waals surface area contributed by atoms with Crippen molar-refractivity contribution in [2.24, 2.45) is 0 Å². The van der Waals surface area contributed by atoms with Crippen LogP contribution in [0.5, 0.6) is 0 Å². The van der Waals surface area contributed by atoms with Gasteiger partial charge in [-0.3, -0.25) is 0 Å². The van der Waals surface area contributed by atoms with E-state index in [4.69, 9.17) is 9.15 Å². The molecule has 1 aromatic rings. The molecular formula is C11H17N3O3. The van der Waals surface area contributed by atoms with Crippen LogP contribution in [0.2, 0.25) is 0 Å². The van der Waals surface area contributed by atoms with Crippen LogP contribution in [0.3, 0.4) is 0 Å². The van der Waals surface area contributed by atoms with E-state index in [1.807, 2.05) is 0 Å². The highest BCUT2D eigenvalue weighted by molar-refractivity contribution is 5.87. The van der Waals surface area contributed by atoms with Crippen LogP contribution in [0.4, 0.5) is 6.01 Å². The van der Waals surface area contributed by atoms with Gasteiger partial charge in [-0.05, 0) is 26.3 Å². The molecule has 6 heteroatoms. The topological polar surface area (TPSA) is 76.4 Å². The Bertz CT molecular complexity index is 372. The first-order chi connectivity index (χ1) is 8.29. The van der Waals surface area contributed by atoms with Crippen molar-refractivity contribution in [2.45, 2.75) is 25.8 Å². The maximum Gasteiger partial charge on any atom is 0.360 e. The molecule has 1 unspecified atom stereocenters. The number of nitrogens with zero attached hydrogens (tertiary/aromatic N) is 1. The highest BCUT2D eigenvalue weighted by atomic mass is 16.5. The number of aromatic nitrogens is 1. The van der Waals surface area contributed by atoms with Crippen molar-refractivity contribution in [3.63, 3.8) is 0 Å². The summed E-state index contributed by atoms with van der Waals surface area (Å²) in [4.78, 5) is 15.3. The van der Waals surface area contributed by atoms with E-state index in [-0.39, 0.29) is 5.69 Å². The fourth-order valence-corrected chi connectivity index (χ4v) is 1.80. The number of oxazole rings is 1. The van der Waals surface area contributed by atoms with Crippen molar-refractivity contribution in [1.29, 1.82) is 0 Å². The summed E-state index contributed by atoms with van der Waals surface area (Å²) in [6, 6.07) is 0.815. The molecule has 0 amide bonds. The lowest BCUT2D eigenvalue weighted by Crippen LogP contribution is -2.29. The molecule has 2 heterocycles. The third kappa shape index (κ3) is 3.20. The van der Waals surface area contributed by atoms with Crippen LogP contribution in [0.1, 0.15) is 30.3 Å². The van der Waals surface area contributed by atoms with Gasteiger partial charge in [0.25, 0.3) is 6.01 Å². The highest BCUT2D eigenvalue weighted by Crippen LogP contribution is 2.10. The Morgan fingerprint density at radius 2 is 2.65 bits per heavy atom. The second kappa shape index (κ2) is 5.67. The fourth-order valence-electron chi connectivity index (χ4n) is 1.80. The van der Waals surface area contributed by atoms with Crippen molar-refractivity contribution in [3.05, 3.63) is 12.0 Å². The lowest BCUT2D eigenvalue weighted by atomic mass is 10.2. The number of ether oxygens (including phenoxy) is 1. The predicted octanol–water partition coefficient (Wildman–Crippen LogP) is 1.02. The van der Waals surface area contributed by atoms with Gasteiger partial charge in [-0.2, -0.15) is 4.98 Å². The van der Waals surface area contributed by atoms with Gasteiger partial charge in [-0.25, -0.2) is 4.79 Å². The summed E-state index contributed by atoms with van der Waals surface area (Å²) >= 11 is 0. The normalized spacial score (nSPS) is 19.2. The van der Waals surface area contributed by atoms with Crippen LogP contribution in [0.15, 0.2) is 10.7 Å². The minimum Gasteiger partial charge on any atom is -0.461 e. The van der Waals surface area contributed by atoms with Gasteiger partial charge < -0.3 is 19.8 Å². The van der Waals surface area contributed by atoms with Crippen molar-refractivity contribution in [1.82, 2.24) is 10.3 Å². The lowest BCUT2D eigenvalue weighted by Gasteiger charge is -2.09. The molecule has 2 rings (SSSR count). The second-order valence-corrected chi connectivity index (χ2v) is 3.93. The quantitative estimate of drug-likeness (QED) is 0.747. The summed E-state index contributed by atoms with van der Waals surface area (Å²) in [5.41, 5.74) is 0.203. The summed E-state index contributed by atoms with van der Waals surface area (Å²) in [6.07, 6.45) is 3.66. The van der Waals surface area contributed by atoms with Crippen LogP contribution in [-0.2, 0) is 4.74 Å². The first kappa shape index (κ1) is 11.9. The van der Waals surface area contributed by atoms with E-state index in [0.29, 0.717) is 18.7 Å². The van der Waals surface area contributed by atoms with Crippen LogP contribution >= 0.6 is 0 Å². The zero-order valence-corrected chi connectivity index (χ0v) is 9.86. The molecule has 0 bridgehead atoms. The Morgan fingerprint density at radius 3 is 3.35 bits per heavy atom. The molecular weight excluding hydrogens is 222 g/mol. The van der Waals surface area contributed by atoms with Gasteiger partial charge in [0, 0.05) is 12.6 Å². The molecule has 0 aromatic carbocycles. The first-order valence-corrected chi connectivity index (χ1v) is 5.89. The number of rotatable bonds is 5. The molecule has 1 saturated heterocycles. The highest BCUT2D eigenvalue weighted by Gasteiger charge is 2.16. The molecule has 6 nitrogen and oxygen atoms in total. The second-order valence-electron chi connectivity index (χ2n) is 3.93. The minimum absolute atomic E-state index is 0.203. The van der Waals surface area contributed by atoms with Crippen molar-refractivity contribution in [3.8, 4) is 0 Å². The number of nitrogens with one attached hydrogen (secondary N) is 2. The van der Waals surface area contributed by atoms with Gasteiger partial charge in [0.15, 0.2) is 5.69 Å². The lowest BCUT2D eigenvalue weighted by molar-refractivity contribution is 0.0519. The molecule has 1 aromatic heterocycles. The van der Waals surface area contributed by atoms with E-state index < -0.39 is 5.97 Å². The zero-order chi connectivity index (χ0) is 12.1. The van der Waals surface area contributed by atoms with E-state index in [2.05, 4.69) is 15.6 Å². The molecule has 1 aliphatic heterocycles. The van der Waals surface area contributed by atoms with Crippen molar-refractivity contribution in [2.75, 3.05) is 25.0 Å².